The molecule has 0 radical (unpaired) electrons. The summed E-state index contributed by atoms with van der Waals surface area (Å²) in [6.45, 7) is 6.30. The van der Waals surface area contributed by atoms with Crippen LogP contribution >= 0.6 is 0 Å². The molecule has 2 unspecified atom stereocenters. The molecule has 0 bridgehead atoms. The van der Waals surface area contributed by atoms with Crippen molar-refractivity contribution >= 4 is 9.84 Å². The van der Waals surface area contributed by atoms with Gasteiger partial charge in [-0.15, -0.1) is 0 Å². The number of nitrogens with zero attached hydrogens (tertiary/aromatic N) is 1. The number of hydrogen-bond acceptors (Lipinski definition) is 4. The summed E-state index contributed by atoms with van der Waals surface area (Å²) in [4.78, 5) is 2.21. The fourth-order valence-corrected chi connectivity index (χ4v) is 3.34. The molecule has 0 amide bonds. The Labute approximate surface area is 93.0 Å². The van der Waals surface area contributed by atoms with Crippen molar-refractivity contribution < 1.29 is 8.42 Å². The first-order chi connectivity index (χ1) is 7.01. The summed E-state index contributed by atoms with van der Waals surface area (Å²) in [6, 6.07) is 0.357. The monoisotopic (exact) mass is 234 g/mol. The van der Waals surface area contributed by atoms with E-state index >= 15 is 0 Å². The zero-order valence-corrected chi connectivity index (χ0v) is 10.7. The van der Waals surface area contributed by atoms with Crippen molar-refractivity contribution in [3.05, 3.63) is 0 Å². The molecule has 0 saturated carbocycles. The van der Waals surface area contributed by atoms with Gasteiger partial charge in [0.25, 0.3) is 0 Å². The van der Waals surface area contributed by atoms with Crippen molar-refractivity contribution in [1.82, 2.24) is 10.2 Å². The van der Waals surface area contributed by atoms with E-state index in [0.29, 0.717) is 12.6 Å². The highest BCUT2D eigenvalue weighted by Crippen LogP contribution is 2.16. The Kier molecular flexibility index (Phi) is 4.55. The van der Waals surface area contributed by atoms with Gasteiger partial charge >= 0.3 is 0 Å². The molecule has 5 heteroatoms. The lowest BCUT2D eigenvalue weighted by Crippen LogP contribution is -2.51. The second-order valence-electron chi connectivity index (χ2n) is 4.19. The van der Waals surface area contributed by atoms with Gasteiger partial charge in [-0.25, -0.2) is 8.42 Å². The molecular weight excluding hydrogens is 212 g/mol. The highest BCUT2D eigenvalue weighted by Gasteiger charge is 2.31. The Morgan fingerprint density at radius 2 is 2.00 bits per heavy atom. The van der Waals surface area contributed by atoms with Gasteiger partial charge in [0.1, 0.15) is 0 Å². The highest BCUT2D eigenvalue weighted by atomic mass is 32.2. The maximum atomic E-state index is 11.8. The average Bonchev–Trinajstić information content (AvgIpc) is 2.28. The molecule has 0 spiro atoms. The second-order valence-corrected chi connectivity index (χ2v) is 6.76. The number of hydrogen-bond donors (Lipinski definition) is 1. The standard InChI is InChI=1S/C10H22N2O2S/c1-4-12(3)9-6-10(8-11-7-9)15(13,14)5-2/h9-11H,4-8H2,1-3H3. The van der Waals surface area contributed by atoms with Crippen LogP contribution in [0.15, 0.2) is 0 Å². The third-order valence-corrected chi connectivity index (χ3v) is 5.50. The molecule has 1 aliphatic heterocycles. The number of nitrogens with one attached hydrogen (secondary N) is 1. The summed E-state index contributed by atoms with van der Waals surface area (Å²) in [5, 5.41) is 3.02. The predicted molar refractivity (Wildman–Crippen MR) is 62.8 cm³/mol. The Morgan fingerprint density at radius 3 is 2.53 bits per heavy atom. The fourth-order valence-electron chi connectivity index (χ4n) is 1.98. The van der Waals surface area contributed by atoms with Gasteiger partial charge in [-0.05, 0) is 20.0 Å². The first-order valence-electron chi connectivity index (χ1n) is 5.63. The molecule has 1 rings (SSSR count). The van der Waals surface area contributed by atoms with Gasteiger partial charge in [-0.2, -0.15) is 0 Å². The van der Waals surface area contributed by atoms with E-state index in [1.807, 2.05) is 7.05 Å². The summed E-state index contributed by atoms with van der Waals surface area (Å²) in [5.74, 6) is 0.252. The van der Waals surface area contributed by atoms with Crippen LogP contribution in [-0.4, -0.2) is 57.0 Å². The SMILES string of the molecule is CCN(C)C1CNCC(S(=O)(=O)CC)C1. The smallest absolute Gasteiger partial charge is 0.154 e. The fraction of sp³-hybridized carbons (Fsp3) is 1.00. The molecule has 0 aromatic heterocycles. The maximum Gasteiger partial charge on any atom is 0.154 e. The zero-order valence-electron chi connectivity index (χ0n) is 9.86. The van der Waals surface area contributed by atoms with Gasteiger partial charge < -0.3 is 10.2 Å². The van der Waals surface area contributed by atoms with Crippen LogP contribution in [0, 0.1) is 0 Å². The van der Waals surface area contributed by atoms with Gasteiger partial charge in [-0.3, -0.25) is 0 Å². The van der Waals surface area contributed by atoms with Crippen molar-refractivity contribution in [2.24, 2.45) is 0 Å². The van der Waals surface area contributed by atoms with E-state index in [9.17, 15) is 8.42 Å². The minimum absolute atomic E-state index is 0.199. The van der Waals surface area contributed by atoms with Gasteiger partial charge in [0.15, 0.2) is 9.84 Å². The van der Waals surface area contributed by atoms with Crippen molar-refractivity contribution in [2.45, 2.75) is 31.6 Å². The Hall–Kier alpha value is -0.130. The molecule has 15 heavy (non-hydrogen) atoms. The Balaban J connectivity index is 2.64. The summed E-state index contributed by atoms with van der Waals surface area (Å²) in [6.07, 6.45) is 0.771. The number of likely N-dealkylation sites (N-methyl/N-ethyl adjacent to an activating group) is 1. The quantitative estimate of drug-likeness (QED) is 0.750. The van der Waals surface area contributed by atoms with Crippen molar-refractivity contribution in [3.8, 4) is 0 Å². The third-order valence-electron chi connectivity index (χ3n) is 3.32. The Morgan fingerprint density at radius 1 is 1.33 bits per heavy atom. The lowest BCUT2D eigenvalue weighted by molar-refractivity contribution is 0.213. The molecule has 90 valence electrons. The first-order valence-corrected chi connectivity index (χ1v) is 7.35. The van der Waals surface area contributed by atoms with Crippen LogP contribution in [0.4, 0.5) is 0 Å². The molecular formula is C10H22N2O2S. The summed E-state index contributed by atoms with van der Waals surface area (Å²) < 4.78 is 23.5. The minimum Gasteiger partial charge on any atom is -0.314 e. The second kappa shape index (κ2) is 5.27. The summed E-state index contributed by atoms with van der Waals surface area (Å²) in [5.41, 5.74) is 0. The minimum atomic E-state index is -2.89. The molecule has 1 aliphatic rings. The number of rotatable bonds is 4. The summed E-state index contributed by atoms with van der Waals surface area (Å²) >= 11 is 0. The van der Waals surface area contributed by atoms with E-state index in [-0.39, 0.29) is 11.0 Å². The van der Waals surface area contributed by atoms with E-state index in [4.69, 9.17) is 0 Å². The van der Waals surface area contributed by atoms with Crippen molar-refractivity contribution in [3.63, 3.8) is 0 Å². The molecule has 0 aromatic rings. The molecule has 0 aliphatic carbocycles. The predicted octanol–water partition coefficient (Wildman–Crippen LogP) is 0.103. The summed E-state index contributed by atoms with van der Waals surface area (Å²) in [7, 11) is -0.836. The van der Waals surface area contributed by atoms with E-state index in [1.54, 1.807) is 6.92 Å². The van der Waals surface area contributed by atoms with E-state index in [0.717, 1.165) is 19.5 Å². The van der Waals surface area contributed by atoms with Gasteiger partial charge in [-0.1, -0.05) is 13.8 Å². The van der Waals surface area contributed by atoms with Crippen LogP contribution in [0.25, 0.3) is 0 Å². The van der Waals surface area contributed by atoms with Crippen LogP contribution in [0.3, 0.4) is 0 Å². The lowest BCUT2D eigenvalue weighted by atomic mass is 10.1. The molecule has 4 nitrogen and oxygen atoms in total. The van der Waals surface area contributed by atoms with E-state index < -0.39 is 9.84 Å². The highest BCUT2D eigenvalue weighted by molar-refractivity contribution is 7.92. The average molecular weight is 234 g/mol. The number of sulfone groups is 1. The topological polar surface area (TPSA) is 49.4 Å². The van der Waals surface area contributed by atoms with Crippen LogP contribution in [0.1, 0.15) is 20.3 Å². The van der Waals surface area contributed by atoms with Crippen molar-refractivity contribution in [2.75, 3.05) is 32.4 Å². The van der Waals surface area contributed by atoms with Crippen molar-refractivity contribution in [1.29, 1.82) is 0 Å². The third kappa shape index (κ3) is 3.16. The normalized spacial score (nSPS) is 28.3. The first kappa shape index (κ1) is 12.9. The Bertz CT molecular complexity index is 290. The molecule has 1 heterocycles. The molecule has 2 atom stereocenters. The van der Waals surface area contributed by atoms with Crippen LogP contribution in [-0.2, 0) is 9.84 Å². The molecule has 0 aromatic carbocycles. The van der Waals surface area contributed by atoms with Gasteiger partial charge in [0.2, 0.25) is 0 Å². The molecule has 1 N–H and O–H groups in total. The maximum absolute atomic E-state index is 11.8. The van der Waals surface area contributed by atoms with E-state index in [2.05, 4.69) is 17.1 Å². The van der Waals surface area contributed by atoms with Crippen LogP contribution < -0.4 is 5.32 Å². The molecule has 1 fully saturated rings. The van der Waals surface area contributed by atoms with Crippen LogP contribution in [0.5, 0.6) is 0 Å². The zero-order chi connectivity index (χ0) is 11.5. The van der Waals surface area contributed by atoms with Gasteiger partial charge in [0, 0.05) is 24.9 Å². The van der Waals surface area contributed by atoms with Gasteiger partial charge in [0.05, 0.1) is 5.25 Å². The van der Waals surface area contributed by atoms with E-state index in [1.165, 1.54) is 0 Å². The van der Waals surface area contributed by atoms with Crippen LogP contribution in [0.2, 0.25) is 0 Å². The largest absolute Gasteiger partial charge is 0.314 e. The lowest BCUT2D eigenvalue weighted by Gasteiger charge is -2.34. The number of piperidine rings is 1. The molecule has 1 saturated heterocycles.